The fraction of sp³-hybridized carbons (Fsp3) is 0.174. The van der Waals surface area contributed by atoms with Gasteiger partial charge in [0.05, 0.1) is 0 Å². The Balaban J connectivity index is 1.41. The van der Waals surface area contributed by atoms with E-state index in [0.29, 0.717) is 5.92 Å². The third-order valence-corrected chi connectivity index (χ3v) is 10.2. The van der Waals surface area contributed by atoms with E-state index in [1.165, 1.54) is 65.8 Å². The van der Waals surface area contributed by atoms with Crippen LogP contribution in [0.1, 0.15) is 49.8 Å². The lowest BCUT2D eigenvalue weighted by Crippen LogP contribution is -2.41. The highest BCUT2D eigenvalue weighted by Crippen LogP contribution is 2.47. The Hall–Kier alpha value is -4.94. The van der Waals surface area contributed by atoms with E-state index < -0.39 is 0 Å². The fourth-order valence-electron chi connectivity index (χ4n) is 7.84. The molecular formula is C46H40. The van der Waals surface area contributed by atoms with Crippen LogP contribution in [0.3, 0.4) is 0 Å². The monoisotopic (exact) mass is 592 g/mol. The van der Waals surface area contributed by atoms with Crippen molar-refractivity contribution >= 4 is 27.5 Å². The first-order valence-corrected chi connectivity index (χ1v) is 16.7. The van der Waals surface area contributed by atoms with E-state index in [-0.39, 0.29) is 17.3 Å². The minimum absolute atomic E-state index is 0.0648. The highest BCUT2D eigenvalue weighted by molar-refractivity contribution is 5.90. The number of benzene rings is 5. The molecule has 0 saturated carbocycles. The van der Waals surface area contributed by atoms with Crippen molar-refractivity contribution in [2.45, 2.75) is 33.1 Å². The third-order valence-electron chi connectivity index (χ3n) is 10.2. The van der Waals surface area contributed by atoms with Crippen LogP contribution >= 0.6 is 0 Å². The van der Waals surface area contributed by atoms with E-state index in [2.05, 4.69) is 179 Å². The second-order valence-electron chi connectivity index (χ2n) is 14.1. The quantitative estimate of drug-likeness (QED) is 0.195. The van der Waals surface area contributed by atoms with Gasteiger partial charge in [-0.1, -0.05) is 172 Å². The van der Waals surface area contributed by atoms with E-state index >= 15 is 0 Å². The number of fused-ring (bicyclic) bond motifs is 3. The molecule has 0 bridgehead atoms. The minimum Gasteiger partial charge on any atom is -0.0758 e. The van der Waals surface area contributed by atoms with Crippen molar-refractivity contribution in [1.82, 2.24) is 0 Å². The topological polar surface area (TPSA) is 0 Å². The van der Waals surface area contributed by atoms with Gasteiger partial charge < -0.3 is 0 Å². The Labute approximate surface area is 273 Å². The Kier molecular flexibility index (Phi) is 7.10. The molecule has 0 heteroatoms. The summed E-state index contributed by atoms with van der Waals surface area (Å²) in [6.45, 7) is 7.03. The van der Waals surface area contributed by atoms with Crippen LogP contribution in [0.25, 0.3) is 27.5 Å². The summed E-state index contributed by atoms with van der Waals surface area (Å²) < 4.78 is 0. The van der Waals surface area contributed by atoms with E-state index in [1.807, 2.05) is 0 Å². The van der Waals surface area contributed by atoms with Crippen molar-refractivity contribution in [3.8, 4) is 0 Å². The van der Waals surface area contributed by atoms with Gasteiger partial charge in [0.25, 0.3) is 0 Å². The van der Waals surface area contributed by atoms with Crippen molar-refractivity contribution in [1.29, 1.82) is 0 Å². The second kappa shape index (κ2) is 11.5. The lowest BCUT2D eigenvalue weighted by atomic mass is 9.65. The average molecular weight is 593 g/mol. The SMILES string of the molecule is CC(C)(C)C1=CC2C(C3=CC(c4ccccc4)=CC(c4ccccc4)C3)=c3ccccc3=C(c3ccc4ccccc4c3)C2C=C1. The average Bonchev–Trinajstić information content (AvgIpc) is 3.10. The first kappa shape index (κ1) is 28.5. The van der Waals surface area contributed by atoms with Crippen LogP contribution < -0.4 is 10.4 Å². The summed E-state index contributed by atoms with van der Waals surface area (Å²) in [5.41, 5.74) is 11.1. The van der Waals surface area contributed by atoms with Crippen LogP contribution in [0.5, 0.6) is 0 Å². The van der Waals surface area contributed by atoms with Gasteiger partial charge in [-0.15, -0.1) is 0 Å². The van der Waals surface area contributed by atoms with Gasteiger partial charge in [-0.2, -0.15) is 0 Å². The Morgan fingerprint density at radius 2 is 1.22 bits per heavy atom. The molecule has 0 N–H and O–H groups in total. The van der Waals surface area contributed by atoms with Crippen LogP contribution in [-0.4, -0.2) is 0 Å². The van der Waals surface area contributed by atoms with Crippen LogP contribution in [0, 0.1) is 17.3 Å². The lowest BCUT2D eigenvalue weighted by molar-refractivity contribution is 0.501. The van der Waals surface area contributed by atoms with E-state index in [9.17, 15) is 0 Å². The van der Waals surface area contributed by atoms with Crippen molar-refractivity contribution < 1.29 is 0 Å². The molecule has 0 fully saturated rings. The summed E-state index contributed by atoms with van der Waals surface area (Å²) in [5.74, 6) is 0.804. The number of allylic oxidation sites excluding steroid dienone is 8. The fourth-order valence-corrected chi connectivity index (χ4v) is 7.84. The molecule has 0 aliphatic heterocycles. The number of rotatable bonds is 4. The molecular weight excluding hydrogens is 553 g/mol. The van der Waals surface area contributed by atoms with Crippen molar-refractivity contribution in [2.75, 3.05) is 0 Å². The van der Waals surface area contributed by atoms with Crippen LogP contribution in [0.2, 0.25) is 0 Å². The molecule has 5 aromatic rings. The standard InChI is InChI=1S/C46H40/c1-46(2,3)39-24-25-42-43(30-39)45(38-28-36(31-14-6-4-7-15-31)27-37(29-38)32-16-8-5-9-17-32)41-21-13-12-20-40(41)44(42)35-23-22-33-18-10-11-19-34(33)26-35/h4-28,30,37,42-43H,29H2,1-3H3. The molecule has 8 rings (SSSR count). The third kappa shape index (κ3) is 5.13. The van der Waals surface area contributed by atoms with E-state index in [0.717, 1.165) is 6.42 Å². The van der Waals surface area contributed by atoms with Gasteiger partial charge >= 0.3 is 0 Å². The zero-order valence-corrected chi connectivity index (χ0v) is 27.0. The largest absolute Gasteiger partial charge is 0.0758 e. The van der Waals surface area contributed by atoms with Gasteiger partial charge in [-0.05, 0) is 83.7 Å². The summed E-state index contributed by atoms with van der Waals surface area (Å²) in [7, 11) is 0. The smallest absolute Gasteiger partial charge is 0.0137 e. The van der Waals surface area contributed by atoms with Crippen molar-refractivity contribution in [3.63, 3.8) is 0 Å². The van der Waals surface area contributed by atoms with Crippen molar-refractivity contribution in [3.05, 3.63) is 196 Å². The minimum atomic E-state index is 0.0648. The molecule has 0 aromatic heterocycles. The van der Waals surface area contributed by atoms with Gasteiger partial charge in [-0.3, -0.25) is 0 Å². The highest BCUT2D eigenvalue weighted by Gasteiger charge is 2.36. The maximum atomic E-state index is 2.61. The van der Waals surface area contributed by atoms with Gasteiger partial charge in [-0.25, -0.2) is 0 Å². The van der Waals surface area contributed by atoms with Crippen LogP contribution in [0.4, 0.5) is 0 Å². The molecule has 0 amide bonds. The van der Waals surface area contributed by atoms with Crippen molar-refractivity contribution in [2.24, 2.45) is 17.3 Å². The van der Waals surface area contributed by atoms with Crippen LogP contribution in [-0.2, 0) is 0 Å². The normalized spacial score (nSPS) is 20.8. The lowest BCUT2D eigenvalue weighted by Gasteiger charge is -2.38. The maximum absolute atomic E-state index is 2.61. The predicted molar refractivity (Wildman–Crippen MR) is 196 cm³/mol. The summed E-state index contributed by atoms with van der Waals surface area (Å²) in [6, 6.07) is 47.0. The molecule has 0 saturated heterocycles. The molecule has 3 aliphatic rings. The maximum Gasteiger partial charge on any atom is 0.0137 e. The molecule has 3 aliphatic carbocycles. The molecule has 46 heavy (non-hydrogen) atoms. The Morgan fingerprint density at radius 3 is 1.96 bits per heavy atom. The molecule has 3 unspecified atom stereocenters. The zero-order chi connectivity index (χ0) is 31.3. The molecule has 0 radical (unpaired) electrons. The molecule has 3 atom stereocenters. The first-order chi connectivity index (χ1) is 22.4. The molecule has 0 nitrogen and oxygen atoms in total. The number of hydrogen-bond donors (Lipinski definition) is 0. The second-order valence-corrected chi connectivity index (χ2v) is 14.1. The molecule has 5 aromatic carbocycles. The van der Waals surface area contributed by atoms with Crippen LogP contribution in [0.15, 0.2) is 169 Å². The predicted octanol–water partition coefficient (Wildman–Crippen LogP) is 10.2. The Morgan fingerprint density at radius 1 is 0.565 bits per heavy atom. The van der Waals surface area contributed by atoms with Gasteiger partial charge in [0.15, 0.2) is 0 Å². The van der Waals surface area contributed by atoms with E-state index in [4.69, 9.17) is 0 Å². The highest BCUT2D eigenvalue weighted by atomic mass is 14.4. The van der Waals surface area contributed by atoms with E-state index in [1.54, 1.807) is 0 Å². The molecule has 224 valence electrons. The summed E-state index contributed by atoms with van der Waals surface area (Å²) in [4.78, 5) is 0. The molecule has 0 heterocycles. The summed E-state index contributed by atoms with van der Waals surface area (Å²) >= 11 is 0. The van der Waals surface area contributed by atoms with Gasteiger partial charge in [0, 0.05) is 17.8 Å². The Bertz CT molecular complexity index is 2200. The summed E-state index contributed by atoms with van der Waals surface area (Å²) in [5, 5.41) is 5.31. The number of hydrogen-bond acceptors (Lipinski definition) is 0. The van der Waals surface area contributed by atoms with Gasteiger partial charge in [0.2, 0.25) is 0 Å². The first-order valence-electron chi connectivity index (χ1n) is 16.7. The molecule has 0 spiro atoms. The zero-order valence-electron chi connectivity index (χ0n) is 27.0. The summed E-state index contributed by atoms with van der Waals surface area (Å²) in [6.07, 6.45) is 13.5. The van der Waals surface area contributed by atoms with Gasteiger partial charge in [0.1, 0.15) is 0 Å².